The monoisotopic (exact) mass is 338 g/mol. The van der Waals surface area contributed by atoms with Crippen LogP contribution in [0.25, 0.3) is 10.8 Å². The molecule has 0 heterocycles. The van der Waals surface area contributed by atoms with Gasteiger partial charge < -0.3 is 0 Å². The highest BCUT2D eigenvalue weighted by Gasteiger charge is 2.17. The average Bonchev–Trinajstić information content (AvgIpc) is 2.67. The molecule has 0 aliphatic rings. The minimum atomic E-state index is 0. The van der Waals surface area contributed by atoms with Gasteiger partial charge in [0.1, 0.15) is 0 Å². The van der Waals surface area contributed by atoms with Crippen molar-refractivity contribution in [2.75, 3.05) is 0 Å². The van der Waals surface area contributed by atoms with Crippen LogP contribution in [-0.4, -0.2) is 0 Å². The van der Waals surface area contributed by atoms with Crippen molar-refractivity contribution in [3.8, 4) is 0 Å². The Labute approximate surface area is 157 Å². The molecule has 0 amide bonds. The first-order valence-corrected chi connectivity index (χ1v) is 8.89. The molecule has 26 heavy (non-hydrogen) atoms. The zero-order valence-electron chi connectivity index (χ0n) is 14.5. The van der Waals surface area contributed by atoms with E-state index in [9.17, 15) is 0 Å². The molecule has 1 unspecified atom stereocenters. The van der Waals surface area contributed by atoms with Crippen molar-refractivity contribution in [1.29, 1.82) is 0 Å². The lowest BCUT2D eigenvalue weighted by molar-refractivity contribution is 0.812. The van der Waals surface area contributed by atoms with Gasteiger partial charge in [-0.15, -0.1) is 0 Å². The lowest BCUT2D eigenvalue weighted by Gasteiger charge is -2.20. The second kappa shape index (κ2) is 8.01. The highest BCUT2D eigenvalue weighted by atomic mass is 14.2. The van der Waals surface area contributed by atoms with Crippen LogP contribution in [0.4, 0.5) is 0 Å². The number of hydrogen-bond acceptors (Lipinski definition) is 0. The number of aryl methyl sites for hydroxylation is 1. The third-order valence-electron chi connectivity index (χ3n) is 4.96. The van der Waals surface area contributed by atoms with Gasteiger partial charge in [-0.1, -0.05) is 110 Å². The first-order chi connectivity index (χ1) is 12.3. The van der Waals surface area contributed by atoms with Crippen molar-refractivity contribution in [1.82, 2.24) is 0 Å². The van der Waals surface area contributed by atoms with E-state index in [2.05, 4.69) is 104 Å². The predicted molar refractivity (Wildman–Crippen MR) is 114 cm³/mol. The van der Waals surface area contributed by atoms with Crippen LogP contribution in [0.15, 0.2) is 97.1 Å². The number of fused-ring (bicyclic) bond motifs is 1. The van der Waals surface area contributed by atoms with E-state index in [4.69, 9.17) is 0 Å². The Hall–Kier alpha value is -2.86. The summed E-state index contributed by atoms with van der Waals surface area (Å²) in [7, 11) is 0. The predicted octanol–water partition coefficient (Wildman–Crippen LogP) is 7.16. The number of rotatable bonds is 4. The van der Waals surface area contributed by atoms with E-state index in [0.29, 0.717) is 5.92 Å². The molecule has 0 aliphatic carbocycles. The maximum Gasteiger partial charge on any atom is 0.0136 e. The Morgan fingerprint density at radius 3 is 2.08 bits per heavy atom. The molecular formula is C26H26. The minimum absolute atomic E-state index is 0. The van der Waals surface area contributed by atoms with Gasteiger partial charge in [0.25, 0.3) is 0 Å². The number of hydrogen-bond donors (Lipinski definition) is 0. The molecule has 0 aromatic heterocycles. The first-order valence-electron chi connectivity index (χ1n) is 8.89. The first kappa shape index (κ1) is 17.9. The third kappa shape index (κ3) is 3.70. The molecule has 0 bridgehead atoms. The molecule has 0 saturated heterocycles. The molecule has 0 N–H and O–H groups in total. The molecular weight excluding hydrogens is 312 g/mol. The molecule has 4 rings (SSSR count). The van der Waals surface area contributed by atoms with E-state index in [1.807, 2.05) is 0 Å². The van der Waals surface area contributed by atoms with Gasteiger partial charge in [0.15, 0.2) is 0 Å². The Balaban J connectivity index is 0.00000196. The standard InChI is InChI=1S/C25H22.CH4/c1-19-14-16-22(17-15-19)25(18-20-8-3-2-4-9-20)24-13-7-11-21-10-5-6-12-23(21)24;/h2-17,25H,18H2,1H3;1H4. The topological polar surface area (TPSA) is 0 Å². The summed E-state index contributed by atoms with van der Waals surface area (Å²) in [4.78, 5) is 0. The average molecular weight is 338 g/mol. The lowest BCUT2D eigenvalue weighted by Crippen LogP contribution is -2.06. The summed E-state index contributed by atoms with van der Waals surface area (Å²) < 4.78 is 0. The van der Waals surface area contributed by atoms with Gasteiger partial charge in [-0.2, -0.15) is 0 Å². The molecule has 0 nitrogen and oxygen atoms in total. The molecule has 130 valence electrons. The zero-order valence-corrected chi connectivity index (χ0v) is 14.5. The summed E-state index contributed by atoms with van der Waals surface area (Å²) in [6.07, 6.45) is 1.01. The molecule has 1 atom stereocenters. The smallest absolute Gasteiger partial charge is 0.0136 e. The van der Waals surface area contributed by atoms with E-state index in [0.717, 1.165) is 6.42 Å². The summed E-state index contributed by atoms with van der Waals surface area (Å²) in [5.41, 5.74) is 5.47. The van der Waals surface area contributed by atoms with E-state index >= 15 is 0 Å². The van der Waals surface area contributed by atoms with Gasteiger partial charge in [0, 0.05) is 5.92 Å². The molecule has 0 spiro atoms. The summed E-state index contributed by atoms with van der Waals surface area (Å²) in [6, 6.07) is 35.2. The summed E-state index contributed by atoms with van der Waals surface area (Å²) in [5.74, 6) is 0.356. The van der Waals surface area contributed by atoms with Crippen molar-refractivity contribution in [2.24, 2.45) is 0 Å². The zero-order chi connectivity index (χ0) is 17.1. The second-order valence-corrected chi connectivity index (χ2v) is 6.72. The Morgan fingerprint density at radius 1 is 0.654 bits per heavy atom. The third-order valence-corrected chi connectivity index (χ3v) is 4.96. The SMILES string of the molecule is C.Cc1ccc(C(Cc2ccccc2)c2cccc3ccccc23)cc1. The van der Waals surface area contributed by atoms with Crippen LogP contribution in [0.1, 0.15) is 35.6 Å². The molecule has 0 radical (unpaired) electrons. The van der Waals surface area contributed by atoms with E-state index in [1.165, 1.54) is 33.0 Å². The maximum absolute atomic E-state index is 2.29. The molecule has 0 saturated carbocycles. The fraction of sp³-hybridized carbons (Fsp3) is 0.154. The second-order valence-electron chi connectivity index (χ2n) is 6.72. The van der Waals surface area contributed by atoms with E-state index in [1.54, 1.807) is 0 Å². The fourth-order valence-corrected chi connectivity index (χ4v) is 3.61. The van der Waals surface area contributed by atoms with Crippen molar-refractivity contribution in [3.05, 3.63) is 119 Å². The molecule has 0 aliphatic heterocycles. The van der Waals surface area contributed by atoms with Crippen LogP contribution in [0.2, 0.25) is 0 Å². The largest absolute Gasteiger partial charge is 0.0776 e. The van der Waals surface area contributed by atoms with Crippen LogP contribution in [0.5, 0.6) is 0 Å². The fourth-order valence-electron chi connectivity index (χ4n) is 3.61. The number of benzene rings is 4. The van der Waals surface area contributed by atoms with Crippen molar-refractivity contribution in [3.63, 3.8) is 0 Å². The van der Waals surface area contributed by atoms with Crippen LogP contribution in [0.3, 0.4) is 0 Å². The van der Waals surface area contributed by atoms with Gasteiger partial charge in [0.2, 0.25) is 0 Å². The molecule has 4 aromatic carbocycles. The summed E-state index contributed by atoms with van der Waals surface area (Å²) >= 11 is 0. The van der Waals surface area contributed by atoms with Crippen molar-refractivity contribution >= 4 is 10.8 Å². The van der Waals surface area contributed by atoms with Gasteiger partial charge in [0.05, 0.1) is 0 Å². The summed E-state index contributed by atoms with van der Waals surface area (Å²) in [6.45, 7) is 2.15. The van der Waals surface area contributed by atoms with Crippen LogP contribution >= 0.6 is 0 Å². The van der Waals surface area contributed by atoms with Crippen molar-refractivity contribution in [2.45, 2.75) is 26.7 Å². The minimum Gasteiger partial charge on any atom is -0.0776 e. The van der Waals surface area contributed by atoms with Crippen LogP contribution < -0.4 is 0 Å². The molecule has 4 aromatic rings. The van der Waals surface area contributed by atoms with Crippen LogP contribution in [-0.2, 0) is 6.42 Å². The lowest BCUT2D eigenvalue weighted by atomic mass is 9.83. The van der Waals surface area contributed by atoms with Gasteiger partial charge in [-0.3, -0.25) is 0 Å². The maximum atomic E-state index is 2.29. The highest BCUT2D eigenvalue weighted by molar-refractivity contribution is 5.86. The summed E-state index contributed by atoms with van der Waals surface area (Å²) in [5, 5.41) is 2.66. The van der Waals surface area contributed by atoms with Crippen molar-refractivity contribution < 1.29 is 0 Å². The highest BCUT2D eigenvalue weighted by Crippen LogP contribution is 2.33. The van der Waals surface area contributed by atoms with Gasteiger partial charge >= 0.3 is 0 Å². The quantitative estimate of drug-likeness (QED) is 0.370. The molecule has 0 fully saturated rings. The Morgan fingerprint density at radius 2 is 1.31 bits per heavy atom. The van der Waals surface area contributed by atoms with Gasteiger partial charge in [-0.25, -0.2) is 0 Å². The van der Waals surface area contributed by atoms with Gasteiger partial charge in [-0.05, 0) is 40.8 Å². The Kier molecular flexibility index (Phi) is 5.53. The van der Waals surface area contributed by atoms with E-state index in [-0.39, 0.29) is 7.43 Å². The Bertz CT molecular complexity index is 960. The molecule has 0 heteroatoms. The van der Waals surface area contributed by atoms with E-state index < -0.39 is 0 Å². The normalized spacial score (nSPS) is 11.7. The van der Waals surface area contributed by atoms with Crippen LogP contribution in [0, 0.1) is 6.92 Å².